The molecule has 0 spiro atoms. The van der Waals surface area contributed by atoms with E-state index in [4.69, 9.17) is 15.4 Å². The van der Waals surface area contributed by atoms with Crippen molar-refractivity contribution < 1.29 is 13.2 Å². The molecule has 2 heterocycles. The summed E-state index contributed by atoms with van der Waals surface area (Å²) < 4.78 is 29.5. The van der Waals surface area contributed by atoms with Crippen LogP contribution in [0.4, 0.5) is 0 Å². The molecule has 5 nitrogen and oxygen atoms in total. The number of nitrogens with zero attached hydrogens (tertiary/aromatic N) is 2. The van der Waals surface area contributed by atoms with Gasteiger partial charge in [0.05, 0.1) is 5.69 Å². The lowest BCUT2D eigenvalue weighted by Crippen LogP contribution is -2.16. The zero-order valence-electron chi connectivity index (χ0n) is 8.89. The van der Waals surface area contributed by atoms with E-state index in [-0.39, 0.29) is 10.8 Å². The molecule has 1 aliphatic rings. The van der Waals surface area contributed by atoms with E-state index in [9.17, 15) is 8.42 Å². The van der Waals surface area contributed by atoms with Crippen LogP contribution in [-0.2, 0) is 20.8 Å². The molecule has 1 saturated heterocycles. The molecule has 0 amide bonds. The van der Waals surface area contributed by atoms with Crippen molar-refractivity contribution in [2.24, 2.45) is 7.05 Å². The maximum Gasteiger partial charge on any atom is 0.264 e. The normalized spacial score (nSPS) is 18.9. The Labute approximate surface area is 98.8 Å². The third-order valence-corrected chi connectivity index (χ3v) is 4.03. The highest BCUT2D eigenvalue weighted by Gasteiger charge is 2.27. The van der Waals surface area contributed by atoms with E-state index in [1.807, 2.05) is 0 Å². The highest BCUT2D eigenvalue weighted by Crippen LogP contribution is 2.31. The molecular formula is C9H13ClN2O3S. The van der Waals surface area contributed by atoms with Gasteiger partial charge in [0.25, 0.3) is 9.05 Å². The van der Waals surface area contributed by atoms with E-state index in [0.29, 0.717) is 18.9 Å². The van der Waals surface area contributed by atoms with E-state index in [0.717, 1.165) is 12.8 Å². The fourth-order valence-corrected chi connectivity index (χ4v) is 3.02. The molecular weight excluding hydrogens is 252 g/mol. The van der Waals surface area contributed by atoms with E-state index >= 15 is 0 Å². The topological polar surface area (TPSA) is 61.2 Å². The summed E-state index contributed by atoms with van der Waals surface area (Å²) >= 11 is 0. The van der Waals surface area contributed by atoms with Crippen LogP contribution >= 0.6 is 10.7 Å². The van der Waals surface area contributed by atoms with Gasteiger partial charge in [0.15, 0.2) is 0 Å². The molecule has 0 unspecified atom stereocenters. The van der Waals surface area contributed by atoms with Crippen LogP contribution in [0.5, 0.6) is 0 Å². The minimum absolute atomic E-state index is 0.124. The van der Waals surface area contributed by atoms with Crippen LogP contribution in [0.3, 0.4) is 0 Å². The molecule has 0 N–H and O–H groups in total. The Bertz CT molecular complexity index is 477. The first-order valence-corrected chi connectivity index (χ1v) is 7.35. The van der Waals surface area contributed by atoms with Gasteiger partial charge in [0.2, 0.25) is 0 Å². The molecule has 90 valence electrons. The molecule has 7 heteroatoms. The standard InChI is InChI=1S/C9H13ClN2O3S/c1-12-6-8(16(10,13)14)9(11-12)7-2-4-15-5-3-7/h6-7H,2-5H2,1H3. The van der Waals surface area contributed by atoms with Gasteiger partial charge >= 0.3 is 0 Å². The van der Waals surface area contributed by atoms with Crippen molar-refractivity contribution in [3.8, 4) is 0 Å². The first-order valence-electron chi connectivity index (χ1n) is 5.04. The lowest BCUT2D eigenvalue weighted by Gasteiger charge is -2.20. The lowest BCUT2D eigenvalue weighted by atomic mass is 9.97. The second-order valence-electron chi connectivity index (χ2n) is 3.88. The Morgan fingerprint density at radius 1 is 1.50 bits per heavy atom. The minimum atomic E-state index is -3.71. The molecule has 0 atom stereocenters. The number of halogens is 1. The van der Waals surface area contributed by atoms with Crippen LogP contribution in [0.2, 0.25) is 0 Å². The zero-order chi connectivity index (χ0) is 11.8. The summed E-state index contributed by atoms with van der Waals surface area (Å²) in [7, 11) is 3.36. The van der Waals surface area contributed by atoms with E-state index in [2.05, 4.69) is 5.10 Å². The van der Waals surface area contributed by atoms with Gasteiger partial charge in [-0.05, 0) is 12.8 Å². The van der Waals surface area contributed by atoms with Crippen molar-refractivity contribution in [2.45, 2.75) is 23.7 Å². The number of hydrogen-bond donors (Lipinski definition) is 0. The number of hydrogen-bond acceptors (Lipinski definition) is 4. The summed E-state index contributed by atoms with van der Waals surface area (Å²) in [6.45, 7) is 1.28. The van der Waals surface area contributed by atoms with Crippen molar-refractivity contribution in [1.29, 1.82) is 0 Å². The van der Waals surface area contributed by atoms with Crippen LogP contribution in [-0.4, -0.2) is 31.4 Å². The summed E-state index contributed by atoms with van der Waals surface area (Å²) in [5.41, 5.74) is 0.570. The second kappa shape index (κ2) is 4.35. The first-order chi connectivity index (χ1) is 7.48. The van der Waals surface area contributed by atoms with Crippen LogP contribution in [0.1, 0.15) is 24.5 Å². The molecule has 1 fully saturated rings. The van der Waals surface area contributed by atoms with Gasteiger partial charge < -0.3 is 4.74 Å². The molecule has 0 bridgehead atoms. The Balaban J connectivity index is 2.39. The highest BCUT2D eigenvalue weighted by atomic mass is 35.7. The average molecular weight is 265 g/mol. The molecule has 1 aromatic heterocycles. The summed E-state index contributed by atoms with van der Waals surface area (Å²) in [6.07, 6.45) is 3.03. The fourth-order valence-electron chi connectivity index (χ4n) is 1.93. The van der Waals surface area contributed by atoms with Crippen LogP contribution in [0.25, 0.3) is 0 Å². The van der Waals surface area contributed by atoms with E-state index < -0.39 is 9.05 Å². The molecule has 1 aromatic rings. The highest BCUT2D eigenvalue weighted by molar-refractivity contribution is 8.13. The van der Waals surface area contributed by atoms with Gasteiger partial charge in [-0.15, -0.1) is 0 Å². The Hall–Kier alpha value is -0.590. The van der Waals surface area contributed by atoms with Gasteiger partial charge in [0, 0.05) is 43.1 Å². The SMILES string of the molecule is Cn1cc(S(=O)(=O)Cl)c(C2CCOCC2)n1. The Morgan fingerprint density at radius 3 is 2.69 bits per heavy atom. The zero-order valence-corrected chi connectivity index (χ0v) is 10.5. The minimum Gasteiger partial charge on any atom is -0.381 e. The number of ether oxygens (including phenoxy) is 1. The molecule has 0 aromatic carbocycles. The molecule has 2 rings (SSSR count). The first kappa shape index (κ1) is 11.9. The summed E-state index contributed by atoms with van der Waals surface area (Å²) in [6, 6.07) is 0. The lowest BCUT2D eigenvalue weighted by molar-refractivity contribution is 0.0838. The number of aryl methyl sites for hydroxylation is 1. The maximum atomic E-state index is 11.4. The van der Waals surface area contributed by atoms with Gasteiger partial charge in [-0.3, -0.25) is 4.68 Å². The summed E-state index contributed by atoms with van der Waals surface area (Å²) in [5.74, 6) is 0.124. The van der Waals surface area contributed by atoms with Gasteiger partial charge in [-0.25, -0.2) is 8.42 Å². The smallest absolute Gasteiger partial charge is 0.264 e. The molecule has 16 heavy (non-hydrogen) atoms. The van der Waals surface area contributed by atoms with E-state index in [1.165, 1.54) is 10.9 Å². The quantitative estimate of drug-likeness (QED) is 0.754. The van der Waals surface area contributed by atoms with Crippen LogP contribution < -0.4 is 0 Å². The largest absolute Gasteiger partial charge is 0.381 e. The monoisotopic (exact) mass is 264 g/mol. The average Bonchev–Trinajstić information content (AvgIpc) is 2.61. The van der Waals surface area contributed by atoms with Crippen molar-refractivity contribution in [3.05, 3.63) is 11.9 Å². The summed E-state index contributed by atoms with van der Waals surface area (Å²) in [4.78, 5) is 0.128. The second-order valence-corrected chi connectivity index (χ2v) is 6.41. The third-order valence-electron chi connectivity index (χ3n) is 2.69. The van der Waals surface area contributed by atoms with Gasteiger partial charge in [-0.2, -0.15) is 5.10 Å². The van der Waals surface area contributed by atoms with Gasteiger partial charge in [-0.1, -0.05) is 0 Å². The molecule has 0 aliphatic carbocycles. The molecule has 0 radical (unpaired) electrons. The van der Waals surface area contributed by atoms with Crippen molar-refractivity contribution >= 4 is 19.7 Å². The molecule has 1 aliphatic heterocycles. The predicted molar refractivity (Wildman–Crippen MR) is 59.0 cm³/mol. The maximum absolute atomic E-state index is 11.4. The predicted octanol–water partition coefficient (Wildman–Crippen LogP) is 1.24. The van der Waals surface area contributed by atoms with Crippen molar-refractivity contribution in [3.63, 3.8) is 0 Å². The fraction of sp³-hybridized carbons (Fsp3) is 0.667. The van der Waals surface area contributed by atoms with Crippen LogP contribution in [0, 0.1) is 0 Å². The van der Waals surface area contributed by atoms with E-state index in [1.54, 1.807) is 7.05 Å². The van der Waals surface area contributed by atoms with Crippen molar-refractivity contribution in [1.82, 2.24) is 9.78 Å². The van der Waals surface area contributed by atoms with Crippen molar-refractivity contribution in [2.75, 3.05) is 13.2 Å². The van der Waals surface area contributed by atoms with Crippen LogP contribution in [0.15, 0.2) is 11.1 Å². The summed E-state index contributed by atoms with van der Waals surface area (Å²) in [5, 5.41) is 4.20. The Morgan fingerprint density at radius 2 is 2.12 bits per heavy atom. The Kier molecular flexibility index (Phi) is 3.23. The number of rotatable bonds is 2. The molecule has 0 saturated carbocycles. The number of aromatic nitrogens is 2. The third kappa shape index (κ3) is 2.39. The van der Waals surface area contributed by atoms with Gasteiger partial charge in [0.1, 0.15) is 4.90 Å².